The minimum absolute atomic E-state index is 0.204. The lowest BCUT2D eigenvalue weighted by atomic mass is 10.2. The van der Waals surface area contributed by atoms with Gasteiger partial charge in [0.15, 0.2) is 5.11 Å². The first kappa shape index (κ1) is 17.4. The summed E-state index contributed by atoms with van der Waals surface area (Å²) in [6.07, 6.45) is 4.67. The van der Waals surface area contributed by atoms with Crippen LogP contribution in [0.3, 0.4) is 0 Å². The summed E-state index contributed by atoms with van der Waals surface area (Å²) in [5, 5.41) is 6.35. The molecular weight excluding hydrogens is 332 g/mol. The van der Waals surface area contributed by atoms with Gasteiger partial charge in [-0.15, -0.1) is 0 Å². The van der Waals surface area contributed by atoms with E-state index in [-0.39, 0.29) is 5.91 Å². The van der Waals surface area contributed by atoms with E-state index in [1.807, 2.05) is 30.3 Å². The number of amides is 1. The molecule has 25 heavy (non-hydrogen) atoms. The van der Waals surface area contributed by atoms with Crippen LogP contribution in [0.2, 0.25) is 0 Å². The molecule has 0 spiro atoms. The van der Waals surface area contributed by atoms with Crippen LogP contribution in [0.25, 0.3) is 0 Å². The summed E-state index contributed by atoms with van der Waals surface area (Å²) < 4.78 is 5.73. The van der Waals surface area contributed by atoms with Gasteiger partial charge in [0, 0.05) is 11.6 Å². The number of carbonyl (C=O) groups is 1. The van der Waals surface area contributed by atoms with E-state index in [4.69, 9.17) is 17.0 Å². The van der Waals surface area contributed by atoms with E-state index >= 15 is 0 Å². The molecule has 1 saturated carbocycles. The molecule has 5 heteroatoms. The minimum atomic E-state index is -0.204. The molecule has 1 amide bonds. The fourth-order valence-electron chi connectivity index (χ4n) is 2.91. The SMILES string of the molecule is O=C(NC(=S)NC1CCCC1)c1ccc(OCc2ccccc2)cc1. The average molecular weight is 354 g/mol. The van der Waals surface area contributed by atoms with Gasteiger partial charge in [-0.05, 0) is 54.9 Å². The van der Waals surface area contributed by atoms with Crippen molar-refractivity contribution in [2.75, 3.05) is 0 Å². The fraction of sp³-hybridized carbons (Fsp3) is 0.300. The van der Waals surface area contributed by atoms with E-state index in [1.165, 1.54) is 12.8 Å². The summed E-state index contributed by atoms with van der Waals surface area (Å²) in [6, 6.07) is 17.4. The molecule has 0 aromatic heterocycles. The Morgan fingerprint density at radius 2 is 1.72 bits per heavy atom. The molecule has 1 aliphatic rings. The lowest BCUT2D eigenvalue weighted by molar-refractivity contribution is 0.0976. The molecule has 4 nitrogen and oxygen atoms in total. The van der Waals surface area contributed by atoms with E-state index in [9.17, 15) is 4.79 Å². The van der Waals surface area contributed by atoms with Crippen molar-refractivity contribution in [2.24, 2.45) is 0 Å². The second kappa shape index (κ2) is 8.62. The molecule has 0 unspecified atom stereocenters. The smallest absolute Gasteiger partial charge is 0.257 e. The summed E-state index contributed by atoms with van der Waals surface area (Å²) in [5.74, 6) is 0.525. The van der Waals surface area contributed by atoms with Crippen LogP contribution in [0, 0.1) is 0 Å². The first-order valence-electron chi connectivity index (χ1n) is 8.59. The molecule has 0 saturated heterocycles. The van der Waals surface area contributed by atoms with Crippen molar-refractivity contribution in [3.05, 3.63) is 65.7 Å². The van der Waals surface area contributed by atoms with Crippen molar-refractivity contribution >= 4 is 23.2 Å². The second-order valence-electron chi connectivity index (χ2n) is 6.21. The maximum Gasteiger partial charge on any atom is 0.257 e. The quantitative estimate of drug-likeness (QED) is 0.802. The summed E-state index contributed by atoms with van der Waals surface area (Å²) in [4.78, 5) is 12.2. The van der Waals surface area contributed by atoms with Crippen LogP contribution < -0.4 is 15.4 Å². The lowest BCUT2D eigenvalue weighted by Crippen LogP contribution is -2.43. The summed E-state index contributed by atoms with van der Waals surface area (Å²) in [6.45, 7) is 0.502. The third-order valence-electron chi connectivity index (χ3n) is 4.28. The molecule has 2 aromatic rings. The van der Waals surface area contributed by atoms with Crippen LogP contribution in [-0.2, 0) is 6.61 Å². The highest BCUT2D eigenvalue weighted by atomic mass is 32.1. The highest BCUT2D eigenvalue weighted by Gasteiger charge is 2.16. The highest BCUT2D eigenvalue weighted by molar-refractivity contribution is 7.80. The van der Waals surface area contributed by atoms with Gasteiger partial charge in [-0.3, -0.25) is 10.1 Å². The van der Waals surface area contributed by atoms with Crippen LogP contribution in [0.4, 0.5) is 0 Å². The van der Waals surface area contributed by atoms with Crippen LogP contribution >= 0.6 is 12.2 Å². The molecule has 1 aliphatic carbocycles. The van der Waals surface area contributed by atoms with Gasteiger partial charge < -0.3 is 10.1 Å². The second-order valence-corrected chi connectivity index (χ2v) is 6.62. The van der Waals surface area contributed by atoms with Crippen molar-refractivity contribution in [3.63, 3.8) is 0 Å². The van der Waals surface area contributed by atoms with Gasteiger partial charge in [0.25, 0.3) is 5.91 Å². The molecule has 0 aliphatic heterocycles. The van der Waals surface area contributed by atoms with Crippen molar-refractivity contribution in [3.8, 4) is 5.75 Å². The number of hydrogen-bond acceptors (Lipinski definition) is 3. The Hall–Kier alpha value is -2.40. The van der Waals surface area contributed by atoms with Crippen molar-refractivity contribution in [1.29, 1.82) is 0 Å². The maximum absolute atomic E-state index is 12.2. The average Bonchev–Trinajstić information content (AvgIpc) is 3.14. The van der Waals surface area contributed by atoms with Crippen LogP contribution in [0.5, 0.6) is 5.75 Å². The first-order valence-corrected chi connectivity index (χ1v) is 9.00. The zero-order chi connectivity index (χ0) is 17.5. The van der Waals surface area contributed by atoms with Gasteiger partial charge in [0.05, 0.1) is 0 Å². The van der Waals surface area contributed by atoms with E-state index in [1.54, 1.807) is 24.3 Å². The van der Waals surface area contributed by atoms with Gasteiger partial charge in [0.2, 0.25) is 0 Å². The number of thiocarbonyl (C=S) groups is 1. The van der Waals surface area contributed by atoms with Gasteiger partial charge in [-0.2, -0.15) is 0 Å². The Kier molecular flexibility index (Phi) is 6.01. The van der Waals surface area contributed by atoms with E-state index < -0.39 is 0 Å². The van der Waals surface area contributed by atoms with Gasteiger partial charge >= 0.3 is 0 Å². The van der Waals surface area contributed by atoms with Crippen molar-refractivity contribution < 1.29 is 9.53 Å². The van der Waals surface area contributed by atoms with Crippen molar-refractivity contribution in [1.82, 2.24) is 10.6 Å². The molecule has 3 rings (SSSR count). The number of hydrogen-bond donors (Lipinski definition) is 2. The molecule has 2 N–H and O–H groups in total. The van der Waals surface area contributed by atoms with Gasteiger partial charge in [-0.25, -0.2) is 0 Å². The zero-order valence-corrected chi connectivity index (χ0v) is 14.9. The lowest BCUT2D eigenvalue weighted by Gasteiger charge is -2.15. The number of ether oxygens (including phenoxy) is 1. The number of nitrogens with one attached hydrogen (secondary N) is 2. The Labute approximate surface area is 153 Å². The molecule has 1 fully saturated rings. The van der Waals surface area contributed by atoms with Crippen molar-refractivity contribution in [2.45, 2.75) is 38.3 Å². The zero-order valence-electron chi connectivity index (χ0n) is 14.0. The highest BCUT2D eigenvalue weighted by Crippen LogP contribution is 2.17. The molecule has 0 atom stereocenters. The predicted octanol–water partition coefficient (Wildman–Crippen LogP) is 3.81. The van der Waals surface area contributed by atoms with E-state index in [0.29, 0.717) is 23.3 Å². The number of carbonyl (C=O) groups excluding carboxylic acids is 1. The first-order chi connectivity index (χ1) is 12.2. The maximum atomic E-state index is 12.2. The Morgan fingerprint density at radius 3 is 2.40 bits per heavy atom. The molecule has 130 valence electrons. The van der Waals surface area contributed by atoms with Gasteiger partial charge in [-0.1, -0.05) is 43.2 Å². The monoisotopic (exact) mass is 354 g/mol. The van der Waals surface area contributed by atoms with Crippen LogP contribution in [-0.4, -0.2) is 17.1 Å². The summed E-state index contributed by atoms with van der Waals surface area (Å²) in [5.41, 5.74) is 1.66. The van der Waals surface area contributed by atoms with Crippen LogP contribution in [0.1, 0.15) is 41.6 Å². The predicted molar refractivity (Wildman–Crippen MR) is 103 cm³/mol. The molecule has 0 heterocycles. The van der Waals surface area contributed by atoms with Gasteiger partial charge in [0.1, 0.15) is 12.4 Å². The molecular formula is C20H22N2O2S. The third-order valence-corrected chi connectivity index (χ3v) is 4.50. The Morgan fingerprint density at radius 1 is 1.04 bits per heavy atom. The fourth-order valence-corrected chi connectivity index (χ4v) is 3.17. The number of benzene rings is 2. The largest absolute Gasteiger partial charge is 0.489 e. The standard InChI is InChI=1S/C20H22N2O2S/c23-19(22-20(25)21-17-8-4-5-9-17)16-10-12-18(13-11-16)24-14-15-6-2-1-3-7-15/h1-3,6-7,10-13,17H,4-5,8-9,14H2,(H2,21,22,23,25). The topological polar surface area (TPSA) is 50.4 Å². The Bertz CT molecular complexity index is 710. The third kappa shape index (κ3) is 5.29. The number of rotatable bonds is 5. The summed E-state index contributed by atoms with van der Waals surface area (Å²) >= 11 is 5.22. The van der Waals surface area contributed by atoms with Crippen LogP contribution in [0.15, 0.2) is 54.6 Å². The molecule has 2 aromatic carbocycles. The van der Waals surface area contributed by atoms with E-state index in [2.05, 4.69) is 10.6 Å². The molecule has 0 radical (unpaired) electrons. The normalized spacial score (nSPS) is 14.1. The Balaban J connectivity index is 1.49. The minimum Gasteiger partial charge on any atom is -0.489 e. The summed E-state index contributed by atoms with van der Waals surface area (Å²) in [7, 11) is 0. The van der Waals surface area contributed by atoms with E-state index in [0.717, 1.165) is 24.2 Å². The molecule has 0 bridgehead atoms.